The molecule has 0 spiro atoms. The number of aromatic nitrogens is 3. The van der Waals surface area contributed by atoms with Crippen molar-refractivity contribution in [3.63, 3.8) is 0 Å². The summed E-state index contributed by atoms with van der Waals surface area (Å²) in [7, 11) is 0. The van der Waals surface area contributed by atoms with E-state index in [2.05, 4.69) is 26.5 Å². The number of carbonyl (C=O) groups is 1. The third-order valence-electron chi connectivity index (χ3n) is 8.38. The van der Waals surface area contributed by atoms with E-state index in [-0.39, 0.29) is 11.9 Å². The highest BCUT2D eigenvalue weighted by molar-refractivity contribution is 5.97. The zero-order valence-electron chi connectivity index (χ0n) is 22.5. The van der Waals surface area contributed by atoms with Gasteiger partial charge in [0.25, 0.3) is 0 Å². The second-order valence-corrected chi connectivity index (χ2v) is 11.1. The molecule has 1 aliphatic carbocycles. The largest absolute Gasteiger partial charge is 0.477 e. The summed E-state index contributed by atoms with van der Waals surface area (Å²) in [6, 6.07) is 12.0. The molecule has 4 heterocycles. The third kappa shape index (κ3) is 5.71. The van der Waals surface area contributed by atoms with Gasteiger partial charge in [0.2, 0.25) is 5.88 Å². The second kappa shape index (κ2) is 11.4. The van der Waals surface area contributed by atoms with Gasteiger partial charge in [0.1, 0.15) is 11.6 Å². The minimum Gasteiger partial charge on any atom is -0.477 e. The highest BCUT2D eigenvalue weighted by Crippen LogP contribution is 2.26. The van der Waals surface area contributed by atoms with Gasteiger partial charge in [-0.25, -0.2) is 4.98 Å². The van der Waals surface area contributed by atoms with E-state index >= 15 is 0 Å². The van der Waals surface area contributed by atoms with Gasteiger partial charge in [-0.05, 0) is 56.4 Å². The number of hydrogen-bond acceptors (Lipinski definition) is 7. The van der Waals surface area contributed by atoms with E-state index in [1.165, 1.54) is 32.1 Å². The standard InChI is InChI=1S/C30H39N5O3/c1-22(36)24-10-11-26-27(18-24)35(19-25-12-17-37-25)29(31-26)20-33-13-15-34(16-14-33)28-8-5-9-30(32-28)38-21-23-6-3-2-4-7-23/h5,8-11,18,23,25H,2-4,6-7,12-17,19-21H2,1H3/t25-/m0/s1. The monoisotopic (exact) mass is 517 g/mol. The second-order valence-electron chi connectivity index (χ2n) is 11.1. The van der Waals surface area contributed by atoms with Crippen LogP contribution in [-0.2, 0) is 17.8 Å². The van der Waals surface area contributed by atoms with Crippen LogP contribution in [0.3, 0.4) is 0 Å². The van der Waals surface area contributed by atoms with Crippen LogP contribution in [0.2, 0.25) is 0 Å². The molecule has 0 unspecified atom stereocenters. The molecule has 1 atom stereocenters. The van der Waals surface area contributed by atoms with Crippen molar-refractivity contribution in [2.75, 3.05) is 44.3 Å². The van der Waals surface area contributed by atoms with Gasteiger partial charge in [-0.15, -0.1) is 0 Å². The van der Waals surface area contributed by atoms with Gasteiger partial charge in [-0.1, -0.05) is 25.3 Å². The summed E-state index contributed by atoms with van der Waals surface area (Å²) in [4.78, 5) is 26.6. The zero-order valence-corrected chi connectivity index (χ0v) is 22.5. The molecule has 1 saturated carbocycles. The number of anilines is 1. The Morgan fingerprint density at radius 3 is 2.58 bits per heavy atom. The molecule has 8 nitrogen and oxygen atoms in total. The van der Waals surface area contributed by atoms with Crippen molar-refractivity contribution in [3.05, 3.63) is 47.8 Å². The predicted molar refractivity (Wildman–Crippen MR) is 148 cm³/mol. The molecule has 0 N–H and O–H groups in total. The van der Waals surface area contributed by atoms with Crippen LogP contribution in [0.5, 0.6) is 5.88 Å². The van der Waals surface area contributed by atoms with Crippen molar-refractivity contribution >= 4 is 22.6 Å². The first-order chi connectivity index (χ1) is 18.6. The molecule has 3 fully saturated rings. The molecule has 38 heavy (non-hydrogen) atoms. The van der Waals surface area contributed by atoms with Crippen molar-refractivity contribution in [2.45, 2.75) is 64.6 Å². The average Bonchev–Trinajstić information content (AvgIpc) is 3.26. The molecule has 6 rings (SSSR count). The number of ether oxygens (including phenoxy) is 2. The topological polar surface area (TPSA) is 72.7 Å². The Morgan fingerprint density at radius 2 is 1.84 bits per heavy atom. The van der Waals surface area contributed by atoms with Crippen LogP contribution < -0.4 is 9.64 Å². The lowest BCUT2D eigenvalue weighted by Gasteiger charge is -2.35. The van der Waals surface area contributed by atoms with Gasteiger partial charge in [-0.3, -0.25) is 9.69 Å². The van der Waals surface area contributed by atoms with Crippen LogP contribution in [0.25, 0.3) is 11.0 Å². The first-order valence-electron chi connectivity index (χ1n) is 14.3. The van der Waals surface area contributed by atoms with Crippen molar-refractivity contribution in [1.82, 2.24) is 19.4 Å². The molecule has 202 valence electrons. The molecule has 3 aromatic rings. The maximum Gasteiger partial charge on any atom is 0.215 e. The van der Waals surface area contributed by atoms with Crippen molar-refractivity contribution < 1.29 is 14.3 Å². The van der Waals surface area contributed by atoms with Crippen LogP contribution in [-0.4, -0.2) is 70.7 Å². The summed E-state index contributed by atoms with van der Waals surface area (Å²) in [5, 5.41) is 0. The number of piperazine rings is 1. The summed E-state index contributed by atoms with van der Waals surface area (Å²) < 4.78 is 14.1. The fourth-order valence-corrected chi connectivity index (χ4v) is 5.90. The van der Waals surface area contributed by atoms with E-state index in [0.717, 1.165) is 93.0 Å². The summed E-state index contributed by atoms with van der Waals surface area (Å²) in [5.41, 5.74) is 2.69. The Labute approximate surface area is 224 Å². The molecule has 2 saturated heterocycles. The third-order valence-corrected chi connectivity index (χ3v) is 8.38. The number of benzene rings is 1. The van der Waals surface area contributed by atoms with E-state index < -0.39 is 0 Å². The van der Waals surface area contributed by atoms with Gasteiger partial charge in [0.05, 0.1) is 36.8 Å². The maximum absolute atomic E-state index is 12.0. The SMILES string of the molecule is CC(=O)c1ccc2nc(CN3CCN(c4cccc(OCC5CCCCC5)n4)CC3)n(C[C@@H]3CCO3)c2c1. The molecular weight excluding hydrogens is 478 g/mol. The van der Waals surface area contributed by atoms with E-state index in [0.29, 0.717) is 5.92 Å². The lowest BCUT2D eigenvalue weighted by atomic mass is 9.90. The van der Waals surface area contributed by atoms with Crippen LogP contribution in [0.4, 0.5) is 5.82 Å². The molecule has 0 radical (unpaired) electrons. The van der Waals surface area contributed by atoms with Gasteiger partial charge >= 0.3 is 0 Å². The molecule has 0 bridgehead atoms. The minimum atomic E-state index is 0.0780. The number of nitrogens with zero attached hydrogens (tertiary/aromatic N) is 5. The quantitative estimate of drug-likeness (QED) is 0.381. The van der Waals surface area contributed by atoms with Crippen molar-refractivity contribution in [1.29, 1.82) is 0 Å². The van der Waals surface area contributed by atoms with Gasteiger partial charge in [0.15, 0.2) is 5.78 Å². The highest BCUT2D eigenvalue weighted by atomic mass is 16.5. The number of carbonyl (C=O) groups excluding carboxylic acids is 1. The Balaban J connectivity index is 1.10. The molecule has 0 amide bonds. The zero-order chi connectivity index (χ0) is 25.9. The normalized spacial score (nSPS) is 21.0. The van der Waals surface area contributed by atoms with Crippen molar-refractivity contribution in [2.24, 2.45) is 5.92 Å². The highest BCUT2D eigenvalue weighted by Gasteiger charge is 2.25. The first kappa shape index (κ1) is 25.3. The summed E-state index contributed by atoms with van der Waals surface area (Å²) in [5.74, 6) is 3.53. The molecule has 2 aliphatic heterocycles. The van der Waals surface area contributed by atoms with E-state index in [4.69, 9.17) is 19.4 Å². The van der Waals surface area contributed by atoms with Crippen LogP contribution in [0.15, 0.2) is 36.4 Å². The Kier molecular flexibility index (Phi) is 7.60. The van der Waals surface area contributed by atoms with E-state index in [1.54, 1.807) is 6.92 Å². The van der Waals surface area contributed by atoms with E-state index in [9.17, 15) is 4.79 Å². The molecule has 8 heteroatoms. The van der Waals surface area contributed by atoms with Gasteiger partial charge in [0, 0.05) is 44.4 Å². The number of hydrogen-bond donors (Lipinski definition) is 0. The molecule has 2 aromatic heterocycles. The number of pyridine rings is 1. The molecule has 3 aliphatic rings. The average molecular weight is 518 g/mol. The lowest BCUT2D eigenvalue weighted by Crippen LogP contribution is -2.46. The number of Topliss-reactive ketones (excluding diaryl/α,β-unsaturated/α-hetero) is 1. The summed E-state index contributed by atoms with van der Waals surface area (Å²) >= 11 is 0. The summed E-state index contributed by atoms with van der Waals surface area (Å²) in [6.45, 7) is 8.50. The van der Waals surface area contributed by atoms with Crippen LogP contribution in [0.1, 0.15) is 61.6 Å². The van der Waals surface area contributed by atoms with Crippen molar-refractivity contribution in [3.8, 4) is 5.88 Å². The number of rotatable bonds is 9. The molecular formula is C30H39N5O3. The Hall–Kier alpha value is -2.97. The van der Waals surface area contributed by atoms with Crippen LogP contribution in [0, 0.1) is 5.92 Å². The van der Waals surface area contributed by atoms with Crippen LogP contribution >= 0.6 is 0 Å². The summed E-state index contributed by atoms with van der Waals surface area (Å²) in [6.07, 6.45) is 7.88. The number of fused-ring (bicyclic) bond motifs is 1. The number of ketones is 1. The fraction of sp³-hybridized carbons (Fsp3) is 0.567. The molecule has 1 aromatic carbocycles. The number of imidazole rings is 1. The fourth-order valence-electron chi connectivity index (χ4n) is 5.90. The maximum atomic E-state index is 12.0. The van der Waals surface area contributed by atoms with Gasteiger partial charge < -0.3 is 18.9 Å². The Bertz CT molecular complexity index is 1260. The van der Waals surface area contributed by atoms with Gasteiger partial charge in [-0.2, -0.15) is 4.98 Å². The predicted octanol–water partition coefficient (Wildman–Crippen LogP) is 4.70. The lowest BCUT2D eigenvalue weighted by molar-refractivity contribution is -0.0592. The van der Waals surface area contributed by atoms with E-state index in [1.807, 2.05) is 24.3 Å². The smallest absolute Gasteiger partial charge is 0.215 e. The minimum absolute atomic E-state index is 0.0780. The first-order valence-corrected chi connectivity index (χ1v) is 14.3. The Morgan fingerprint density at radius 1 is 1.03 bits per heavy atom.